The molecule has 0 saturated carbocycles. The van der Waals surface area contributed by atoms with Crippen LogP contribution in [-0.2, 0) is 16.1 Å². The SMILES string of the molecule is CC(=O)N1CCC[C@H](C(=O)NCc2ccc(C(=O)O)cc2)C1. The third-order valence-electron chi connectivity index (χ3n) is 3.91. The van der Waals surface area contributed by atoms with Gasteiger partial charge in [0.2, 0.25) is 11.8 Å². The van der Waals surface area contributed by atoms with Gasteiger partial charge in [0, 0.05) is 26.6 Å². The van der Waals surface area contributed by atoms with Gasteiger partial charge in [-0.2, -0.15) is 0 Å². The number of carbonyl (C=O) groups is 3. The summed E-state index contributed by atoms with van der Waals surface area (Å²) >= 11 is 0. The number of carboxylic acid groups (broad SMARTS) is 1. The number of likely N-dealkylation sites (tertiary alicyclic amines) is 1. The van der Waals surface area contributed by atoms with E-state index in [4.69, 9.17) is 5.11 Å². The second-order valence-electron chi connectivity index (χ2n) is 5.52. The number of hydrogen-bond donors (Lipinski definition) is 2. The minimum atomic E-state index is -0.970. The van der Waals surface area contributed by atoms with E-state index in [1.54, 1.807) is 17.0 Å². The first-order chi connectivity index (χ1) is 10.5. The third-order valence-corrected chi connectivity index (χ3v) is 3.91. The molecule has 6 nitrogen and oxygen atoms in total. The van der Waals surface area contributed by atoms with Crippen LogP contribution in [0.3, 0.4) is 0 Å². The number of hydrogen-bond acceptors (Lipinski definition) is 3. The topological polar surface area (TPSA) is 86.7 Å². The van der Waals surface area contributed by atoms with Crippen LogP contribution in [0.25, 0.3) is 0 Å². The molecule has 0 bridgehead atoms. The third kappa shape index (κ3) is 4.07. The lowest BCUT2D eigenvalue weighted by Gasteiger charge is -2.31. The highest BCUT2D eigenvalue weighted by atomic mass is 16.4. The lowest BCUT2D eigenvalue weighted by molar-refractivity contribution is -0.134. The van der Waals surface area contributed by atoms with E-state index in [9.17, 15) is 14.4 Å². The molecule has 0 spiro atoms. The molecule has 1 aliphatic heterocycles. The van der Waals surface area contributed by atoms with E-state index in [2.05, 4.69) is 5.32 Å². The Morgan fingerprint density at radius 1 is 1.27 bits per heavy atom. The molecule has 1 aliphatic rings. The summed E-state index contributed by atoms with van der Waals surface area (Å²) in [6.07, 6.45) is 1.62. The zero-order valence-electron chi connectivity index (χ0n) is 12.5. The second-order valence-corrected chi connectivity index (χ2v) is 5.52. The lowest BCUT2D eigenvalue weighted by Crippen LogP contribution is -2.44. The zero-order chi connectivity index (χ0) is 16.1. The summed E-state index contributed by atoms with van der Waals surface area (Å²) < 4.78 is 0. The van der Waals surface area contributed by atoms with E-state index in [1.165, 1.54) is 19.1 Å². The van der Waals surface area contributed by atoms with Gasteiger partial charge >= 0.3 is 5.97 Å². The first kappa shape index (κ1) is 16.0. The molecule has 0 radical (unpaired) electrons. The zero-order valence-corrected chi connectivity index (χ0v) is 12.5. The van der Waals surface area contributed by atoms with Crippen LogP contribution in [0.1, 0.15) is 35.7 Å². The van der Waals surface area contributed by atoms with Crippen LogP contribution in [0, 0.1) is 5.92 Å². The molecule has 1 atom stereocenters. The monoisotopic (exact) mass is 304 g/mol. The standard InChI is InChI=1S/C16H20N2O4/c1-11(19)18-8-2-3-14(10-18)15(20)17-9-12-4-6-13(7-5-12)16(21)22/h4-7,14H,2-3,8-10H2,1H3,(H,17,20)(H,21,22)/t14-/m0/s1. The highest BCUT2D eigenvalue weighted by Gasteiger charge is 2.26. The molecule has 2 N–H and O–H groups in total. The van der Waals surface area contributed by atoms with Crippen molar-refractivity contribution in [2.45, 2.75) is 26.3 Å². The maximum absolute atomic E-state index is 12.2. The van der Waals surface area contributed by atoms with Crippen LogP contribution in [0.5, 0.6) is 0 Å². The van der Waals surface area contributed by atoms with Crippen LogP contribution in [0.2, 0.25) is 0 Å². The highest BCUT2D eigenvalue weighted by molar-refractivity contribution is 5.87. The van der Waals surface area contributed by atoms with Crippen molar-refractivity contribution in [1.29, 1.82) is 0 Å². The Morgan fingerprint density at radius 3 is 2.55 bits per heavy atom. The van der Waals surface area contributed by atoms with Gasteiger partial charge in [0.05, 0.1) is 11.5 Å². The fraction of sp³-hybridized carbons (Fsp3) is 0.438. The molecule has 1 aromatic rings. The van der Waals surface area contributed by atoms with Crippen molar-refractivity contribution in [3.05, 3.63) is 35.4 Å². The van der Waals surface area contributed by atoms with E-state index >= 15 is 0 Å². The molecule has 118 valence electrons. The number of nitrogens with zero attached hydrogens (tertiary/aromatic N) is 1. The van der Waals surface area contributed by atoms with Crippen molar-refractivity contribution in [1.82, 2.24) is 10.2 Å². The number of carbonyl (C=O) groups excluding carboxylic acids is 2. The molecule has 0 aliphatic carbocycles. The summed E-state index contributed by atoms with van der Waals surface area (Å²) in [5.41, 5.74) is 1.07. The summed E-state index contributed by atoms with van der Waals surface area (Å²) in [7, 11) is 0. The van der Waals surface area contributed by atoms with Crippen molar-refractivity contribution in [3.63, 3.8) is 0 Å². The Labute approximate surface area is 129 Å². The normalized spacial score (nSPS) is 17.9. The van der Waals surface area contributed by atoms with Crippen LogP contribution in [-0.4, -0.2) is 40.9 Å². The number of rotatable bonds is 4. The van der Waals surface area contributed by atoms with E-state index in [-0.39, 0.29) is 23.3 Å². The number of aromatic carboxylic acids is 1. The predicted octanol–water partition coefficient (Wildman–Crippen LogP) is 1.26. The molecule has 2 rings (SSSR count). The summed E-state index contributed by atoms with van der Waals surface area (Å²) in [5.74, 6) is -1.20. The maximum Gasteiger partial charge on any atom is 0.335 e. The van der Waals surface area contributed by atoms with Gasteiger partial charge < -0.3 is 15.3 Å². The molecule has 1 saturated heterocycles. The first-order valence-corrected chi connectivity index (χ1v) is 7.33. The molecule has 0 unspecified atom stereocenters. The van der Waals surface area contributed by atoms with E-state index < -0.39 is 5.97 Å². The van der Waals surface area contributed by atoms with Gasteiger partial charge in [-0.3, -0.25) is 9.59 Å². The summed E-state index contributed by atoms with van der Waals surface area (Å²) in [6, 6.07) is 6.41. The van der Waals surface area contributed by atoms with Gasteiger partial charge in [-0.05, 0) is 30.5 Å². The average molecular weight is 304 g/mol. The summed E-state index contributed by atoms with van der Waals surface area (Å²) in [4.78, 5) is 36.0. The van der Waals surface area contributed by atoms with Crippen LogP contribution < -0.4 is 5.32 Å². The first-order valence-electron chi connectivity index (χ1n) is 7.33. The Kier molecular flexibility index (Phi) is 5.14. The van der Waals surface area contributed by atoms with Gasteiger partial charge in [0.15, 0.2) is 0 Å². The Hall–Kier alpha value is -2.37. The quantitative estimate of drug-likeness (QED) is 0.876. The average Bonchev–Trinajstić information content (AvgIpc) is 2.53. The smallest absolute Gasteiger partial charge is 0.335 e. The van der Waals surface area contributed by atoms with Gasteiger partial charge in [-0.15, -0.1) is 0 Å². The highest BCUT2D eigenvalue weighted by Crippen LogP contribution is 2.17. The van der Waals surface area contributed by atoms with E-state index in [1.807, 2.05) is 0 Å². The van der Waals surface area contributed by atoms with E-state index in [0.717, 1.165) is 24.9 Å². The molecule has 1 heterocycles. The van der Waals surface area contributed by atoms with Crippen molar-refractivity contribution in [2.24, 2.45) is 5.92 Å². The molecular formula is C16H20N2O4. The van der Waals surface area contributed by atoms with E-state index in [0.29, 0.717) is 13.1 Å². The number of nitrogens with one attached hydrogen (secondary N) is 1. The predicted molar refractivity (Wildman–Crippen MR) is 80.2 cm³/mol. The number of carboxylic acids is 1. The Morgan fingerprint density at radius 2 is 1.95 bits per heavy atom. The number of benzene rings is 1. The second kappa shape index (κ2) is 7.06. The van der Waals surface area contributed by atoms with Gasteiger partial charge in [0.25, 0.3) is 0 Å². The van der Waals surface area contributed by atoms with Gasteiger partial charge in [-0.1, -0.05) is 12.1 Å². The largest absolute Gasteiger partial charge is 0.478 e. The van der Waals surface area contributed by atoms with Crippen molar-refractivity contribution in [2.75, 3.05) is 13.1 Å². The molecule has 2 amide bonds. The van der Waals surface area contributed by atoms with Crippen LogP contribution >= 0.6 is 0 Å². The molecule has 1 aromatic carbocycles. The fourth-order valence-electron chi connectivity index (χ4n) is 2.58. The summed E-state index contributed by atoms with van der Waals surface area (Å²) in [6.45, 7) is 3.06. The Bertz CT molecular complexity index is 568. The van der Waals surface area contributed by atoms with Crippen molar-refractivity contribution >= 4 is 17.8 Å². The molecule has 0 aromatic heterocycles. The minimum absolute atomic E-state index is 0.00163. The van der Waals surface area contributed by atoms with Crippen molar-refractivity contribution in [3.8, 4) is 0 Å². The van der Waals surface area contributed by atoms with Crippen molar-refractivity contribution < 1.29 is 19.5 Å². The number of piperidine rings is 1. The van der Waals surface area contributed by atoms with Gasteiger partial charge in [-0.25, -0.2) is 4.79 Å². The molecule has 6 heteroatoms. The maximum atomic E-state index is 12.2. The van der Waals surface area contributed by atoms with Gasteiger partial charge in [0.1, 0.15) is 0 Å². The van der Waals surface area contributed by atoms with Crippen LogP contribution in [0.15, 0.2) is 24.3 Å². The van der Waals surface area contributed by atoms with Crippen LogP contribution in [0.4, 0.5) is 0 Å². The summed E-state index contributed by atoms with van der Waals surface area (Å²) in [5, 5.41) is 11.7. The minimum Gasteiger partial charge on any atom is -0.478 e. The molecule has 22 heavy (non-hydrogen) atoms. The fourth-order valence-corrected chi connectivity index (χ4v) is 2.58. The molecular weight excluding hydrogens is 284 g/mol. The Balaban J connectivity index is 1.86. The number of amides is 2. The molecule has 1 fully saturated rings. The lowest BCUT2D eigenvalue weighted by atomic mass is 9.97.